The summed E-state index contributed by atoms with van der Waals surface area (Å²) in [6.07, 6.45) is 0. The Morgan fingerprint density at radius 2 is 1.95 bits per heavy atom. The minimum absolute atomic E-state index is 0.201. The Morgan fingerprint density at radius 3 is 2.86 bits per heavy atom. The molecule has 0 bridgehead atoms. The maximum absolute atomic E-state index is 12.3. The van der Waals surface area contributed by atoms with Gasteiger partial charge in [-0.15, -0.1) is 11.3 Å². The predicted octanol–water partition coefficient (Wildman–Crippen LogP) is 2.72. The van der Waals surface area contributed by atoms with Crippen molar-refractivity contribution in [3.63, 3.8) is 0 Å². The lowest BCUT2D eigenvalue weighted by atomic mass is 10.2. The number of fused-ring (bicyclic) bond motifs is 2. The molecule has 2 aromatic heterocycles. The van der Waals surface area contributed by atoms with Gasteiger partial charge < -0.3 is 15.3 Å². The van der Waals surface area contributed by atoms with Gasteiger partial charge in [-0.3, -0.25) is 4.79 Å². The lowest BCUT2D eigenvalue weighted by Gasteiger charge is -2.05. The SMILES string of the molecule is O=C(Nc1ccc2[nH]c(=O)[nH]c2c1)c1ccc2ncsc2c1. The number of aromatic amines is 2. The first-order chi connectivity index (χ1) is 10.7. The molecule has 3 N–H and O–H groups in total. The lowest BCUT2D eigenvalue weighted by Crippen LogP contribution is -2.11. The Bertz CT molecular complexity index is 1060. The summed E-state index contributed by atoms with van der Waals surface area (Å²) in [5.74, 6) is -0.201. The van der Waals surface area contributed by atoms with Gasteiger partial charge >= 0.3 is 5.69 Å². The number of imidazole rings is 1. The van der Waals surface area contributed by atoms with Gasteiger partial charge in [-0.2, -0.15) is 0 Å². The second kappa shape index (κ2) is 4.81. The first-order valence-corrected chi connectivity index (χ1v) is 7.44. The highest BCUT2D eigenvalue weighted by atomic mass is 32.1. The van der Waals surface area contributed by atoms with Gasteiger partial charge in [0.05, 0.1) is 26.8 Å². The molecule has 0 radical (unpaired) electrons. The van der Waals surface area contributed by atoms with Crippen LogP contribution in [0.4, 0.5) is 5.69 Å². The molecule has 108 valence electrons. The molecule has 2 aromatic carbocycles. The van der Waals surface area contributed by atoms with Crippen LogP contribution in [0.15, 0.2) is 46.7 Å². The quantitative estimate of drug-likeness (QED) is 0.531. The number of aromatic nitrogens is 3. The molecular weight excluding hydrogens is 300 g/mol. The molecule has 6 nitrogen and oxygen atoms in total. The average Bonchev–Trinajstić information content (AvgIpc) is 3.10. The van der Waals surface area contributed by atoms with E-state index in [4.69, 9.17) is 0 Å². The van der Waals surface area contributed by atoms with Crippen molar-refractivity contribution in [3.05, 3.63) is 58.0 Å². The van der Waals surface area contributed by atoms with Crippen LogP contribution in [0, 0.1) is 0 Å². The largest absolute Gasteiger partial charge is 0.323 e. The minimum Gasteiger partial charge on any atom is -0.322 e. The van der Waals surface area contributed by atoms with Crippen LogP contribution >= 0.6 is 11.3 Å². The molecule has 0 spiro atoms. The molecule has 4 rings (SSSR count). The Balaban J connectivity index is 1.65. The Labute approximate surface area is 127 Å². The molecule has 0 saturated heterocycles. The number of anilines is 1. The molecule has 0 aliphatic heterocycles. The van der Waals surface area contributed by atoms with Crippen molar-refractivity contribution < 1.29 is 4.79 Å². The zero-order chi connectivity index (χ0) is 15.1. The van der Waals surface area contributed by atoms with Gasteiger partial charge in [-0.05, 0) is 36.4 Å². The normalized spacial score (nSPS) is 11.1. The molecule has 0 saturated carbocycles. The fourth-order valence-corrected chi connectivity index (χ4v) is 3.03. The molecule has 22 heavy (non-hydrogen) atoms. The summed E-state index contributed by atoms with van der Waals surface area (Å²) < 4.78 is 0.970. The minimum atomic E-state index is -0.269. The number of nitrogens with zero attached hydrogens (tertiary/aromatic N) is 1. The molecule has 0 aliphatic rings. The summed E-state index contributed by atoms with van der Waals surface area (Å²) in [4.78, 5) is 33.1. The number of amides is 1. The zero-order valence-corrected chi connectivity index (χ0v) is 12.0. The van der Waals surface area contributed by atoms with E-state index in [0.29, 0.717) is 22.3 Å². The highest BCUT2D eigenvalue weighted by molar-refractivity contribution is 7.16. The Kier molecular flexibility index (Phi) is 2.80. The van der Waals surface area contributed by atoms with Crippen LogP contribution in [0.2, 0.25) is 0 Å². The van der Waals surface area contributed by atoms with E-state index in [9.17, 15) is 9.59 Å². The van der Waals surface area contributed by atoms with Crippen molar-refractivity contribution in [2.75, 3.05) is 5.32 Å². The maximum Gasteiger partial charge on any atom is 0.323 e. The fraction of sp³-hybridized carbons (Fsp3) is 0. The highest BCUT2D eigenvalue weighted by Crippen LogP contribution is 2.20. The third kappa shape index (κ3) is 2.17. The first-order valence-electron chi connectivity index (χ1n) is 6.56. The van der Waals surface area contributed by atoms with Crippen molar-refractivity contribution >= 4 is 44.2 Å². The molecule has 7 heteroatoms. The zero-order valence-electron chi connectivity index (χ0n) is 11.2. The standard InChI is InChI=1S/C15H10N4O2S/c20-14(8-1-3-11-13(5-8)22-7-16-11)17-9-2-4-10-12(6-9)19-15(21)18-10/h1-7H,(H,17,20)(H2,18,19,21). The molecule has 0 aliphatic carbocycles. The van der Waals surface area contributed by atoms with Crippen molar-refractivity contribution in [3.8, 4) is 0 Å². The summed E-state index contributed by atoms with van der Waals surface area (Å²) in [6.45, 7) is 0. The monoisotopic (exact) mass is 310 g/mol. The van der Waals surface area contributed by atoms with Gasteiger partial charge in [0.25, 0.3) is 5.91 Å². The van der Waals surface area contributed by atoms with E-state index in [1.807, 2.05) is 12.1 Å². The number of nitrogens with one attached hydrogen (secondary N) is 3. The van der Waals surface area contributed by atoms with Crippen molar-refractivity contribution in [1.29, 1.82) is 0 Å². The van der Waals surface area contributed by atoms with Crippen LogP contribution < -0.4 is 11.0 Å². The number of hydrogen-bond donors (Lipinski definition) is 3. The molecule has 0 fully saturated rings. The van der Waals surface area contributed by atoms with Crippen molar-refractivity contribution in [2.24, 2.45) is 0 Å². The number of rotatable bonds is 2. The van der Waals surface area contributed by atoms with E-state index < -0.39 is 0 Å². The van der Waals surface area contributed by atoms with Gasteiger partial charge in [0.2, 0.25) is 0 Å². The van der Waals surface area contributed by atoms with Crippen molar-refractivity contribution in [2.45, 2.75) is 0 Å². The van der Waals surface area contributed by atoms with Gasteiger partial charge in [0.1, 0.15) is 0 Å². The van der Waals surface area contributed by atoms with Gasteiger partial charge in [0.15, 0.2) is 0 Å². The second-order valence-electron chi connectivity index (χ2n) is 4.83. The van der Waals surface area contributed by atoms with E-state index in [1.165, 1.54) is 11.3 Å². The molecular formula is C15H10N4O2S. The van der Waals surface area contributed by atoms with E-state index in [1.54, 1.807) is 29.8 Å². The van der Waals surface area contributed by atoms with Gasteiger partial charge in [-0.25, -0.2) is 9.78 Å². The van der Waals surface area contributed by atoms with Gasteiger partial charge in [-0.1, -0.05) is 0 Å². The fourth-order valence-electron chi connectivity index (χ4n) is 2.31. The molecule has 0 atom stereocenters. The number of carbonyl (C=O) groups is 1. The topological polar surface area (TPSA) is 90.6 Å². The number of H-pyrrole nitrogens is 2. The summed E-state index contributed by atoms with van der Waals surface area (Å²) >= 11 is 1.49. The van der Waals surface area contributed by atoms with Crippen LogP contribution in [0.3, 0.4) is 0 Å². The molecule has 4 aromatic rings. The number of hydrogen-bond acceptors (Lipinski definition) is 4. The van der Waals surface area contributed by atoms with E-state index in [2.05, 4.69) is 20.3 Å². The van der Waals surface area contributed by atoms with E-state index >= 15 is 0 Å². The molecule has 2 heterocycles. The Morgan fingerprint density at radius 1 is 1.09 bits per heavy atom. The van der Waals surface area contributed by atoms with Crippen molar-refractivity contribution in [1.82, 2.24) is 15.0 Å². The highest BCUT2D eigenvalue weighted by Gasteiger charge is 2.09. The number of benzene rings is 2. The lowest BCUT2D eigenvalue weighted by molar-refractivity contribution is 0.102. The predicted molar refractivity (Wildman–Crippen MR) is 86.5 cm³/mol. The number of carbonyl (C=O) groups excluding carboxylic acids is 1. The molecule has 1 amide bonds. The van der Waals surface area contributed by atoms with E-state index in [-0.39, 0.29) is 11.6 Å². The summed E-state index contributed by atoms with van der Waals surface area (Å²) in [7, 11) is 0. The number of thiazole rings is 1. The van der Waals surface area contributed by atoms with Gasteiger partial charge in [0, 0.05) is 11.3 Å². The third-order valence-electron chi connectivity index (χ3n) is 3.37. The van der Waals surface area contributed by atoms with Crippen LogP contribution in [0.1, 0.15) is 10.4 Å². The third-order valence-corrected chi connectivity index (χ3v) is 4.16. The Hall–Kier alpha value is -2.93. The van der Waals surface area contributed by atoms with Crippen LogP contribution in [-0.4, -0.2) is 20.9 Å². The first kappa shape index (κ1) is 12.8. The summed E-state index contributed by atoms with van der Waals surface area (Å²) in [6, 6.07) is 10.6. The van der Waals surface area contributed by atoms with E-state index in [0.717, 1.165) is 10.2 Å². The second-order valence-corrected chi connectivity index (χ2v) is 5.71. The average molecular weight is 310 g/mol. The van der Waals surface area contributed by atoms with Crippen LogP contribution in [0.5, 0.6) is 0 Å². The van der Waals surface area contributed by atoms with Crippen LogP contribution in [-0.2, 0) is 0 Å². The summed E-state index contributed by atoms with van der Waals surface area (Å²) in [5, 5.41) is 2.83. The van der Waals surface area contributed by atoms with Crippen LogP contribution in [0.25, 0.3) is 21.3 Å². The maximum atomic E-state index is 12.3. The molecule has 0 unspecified atom stereocenters. The smallest absolute Gasteiger partial charge is 0.322 e. The summed E-state index contributed by atoms with van der Waals surface area (Å²) in [5.41, 5.74) is 4.91.